The standard InChI is InChI=1S/C23H19N5O4/c24-20(29)19(11-13-1-3-15(4-2-13)23(31)32)28-22(30)16-5-6-17-18(12-16)27-21(26-17)14-7-9-25-10-8-14/h1-10,12,19H,11H2,(H2,24,29)(H,26,27)(H,28,30)(H,31,32)/t19-/m0/s1. The number of amides is 2. The van der Waals surface area contributed by atoms with E-state index in [1.54, 1.807) is 42.7 Å². The predicted molar refractivity (Wildman–Crippen MR) is 117 cm³/mol. The number of carbonyl (C=O) groups is 3. The highest BCUT2D eigenvalue weighted by Crippen LogP contribution is 2.21. The van der Waals surface area contributed by atoms with E-state index in [2.05, 4.69) is 20.3 Å². The Kier molecular flexibility index (Phi) is 5.63. The lowest BCUT2D eigenvalue weighted by Crippen LogP contribution is -2.45. The van der Waals surface area contributed by atoms with Crippen molar-refractivity contribution in [2.24, 2.45) is 5.73 Å². The number of hydrogen-bond donors (Lipinski definition) is 4. The first-order valence-electron chi connectivity index (χ1n) is 9.73. The normalized spacial score (nSPS) is 11.8. The Bertz CT molecular complexity index is 1300. The van der Waals surface area contributed by atoms with Crippen molar-refractivity contribution in [3.8, 4) is 11.4 Å². The Balaban J connectivity index is 1.51. The van der Waals surface area contributed by atoms with Gasteiger partial charge in [-0.15, -0.1) is 0 Å². The quantitative estimate of drug-likeness (QED) is 0.353. The zero-order valence-corrected chi connectivity index (χ0v) is 16.8. The van der Waals surface area contributed by atoms with Gasteiger partial charge in [-0.1, -0.05) is 12.1 Å². The van der Waals surface area contributed by atoms with Gasteiger partial charge in [-0.25, -0.2) is 9.78 Å². The monoisotopic (exact) mass is 429 g/mol. The summed E-state index contributed by atoms with van der Waals surface area (Å²) in [6, 6.07) is 13.7. The first kappa shape index (κ1) is 20.7. The van der Waals surface area contributed by atoms with Crippen LogP contribution in [0.1, 0.15) is 26.3 Å². The highest BCUT2D eigenvalue weighted by molar-refractivity contribution is 6.00. The predicted octanol–water partition coefficient (Wildman–Crippen LogP) is 2.15. The average molecular weight is 429 g/mol. The summed E-state index contributed by atoms with van der Waals surface area (Å²) in [6.45, 7) is 0. The van der Waals surface area contributed by atoms with Gasteiger partial charge in [-0.3, -0.25) is 14.6 Å². The summed E-state index contributed by atoms with van der Waals surface area (Å²) in [6.07, 6.45) is 3.47. The van der Waals surface area contributed by atoms with Crippen LogP contribution in [0.3, 0.4) is 0 Å². The van der Waals surface area contributed by atoms with Gasteiger partial charge in [0.1, 0.15) is 11.9 Å². The van der Waals surface area contributed by atoms with E-state index in [-0.39, 0.29) is 12.0 Å². The topological polar surface area (TPSA) is 151 Å². The summed E-state index contributed by atoms with van der Waals surface area (Å²) < 4.78 is 0. The van der Waals surface area contributed by atoms with Gasteiger partial charge in [-0.2, -0.15) is 0 Å². The molecule has 0 radical (unpaired) electrons. The molecule has 5 N–H and O–H groups in total. The third-order valence-corrected chi connectivity index (χ3v) is 4.99. The fraction of sp³-hybridized carbons (Fsp3) is 0.0870. The molecule has 2 amide bonds. The van der Waals surface area contributed by atoms with Gasteiger partial charge in [0.25, 0.3) is 5.91 Å². The molecule has 4 aromatic rings. The molecule has 1 atom stereocenters. The summed E-state index contributed by atoms with van der Waals surface area (Å²) in [7, 11) is 0. The number of fused-ring (bicyclic) bond motifs is 1. The highest BCUT2D eigenvalue weighted by atomic mass is 16.4. The van der Waals surface area contributed by atoms with Crippen LogP contribution < -0.4 is 11.1 Å². The molecular formula is C23H19N5O4. The van der Waals surface area contributed by atoms with E-state index in [0.717, 1.165) is 5.56 Å². The molecule has 0 aliphatic heterocycles. The maximum atomic E-state index is 12.8. The zero-order chi connectivity index (χ0) is 22.7. The largest absolute Gasteiger partial charge is 0.478 e. The fourth-order valence-corrected chi connectivity index (χ4v) is 3.28. The number of imidazole rings is 1. The van der Waals surface area contributed by atoms with Gasteiger partial charge in [0, 0.05) is 29.9 Å². The minimum absolute atomic E-state index is 0.132. The van der Waals surface area contributed by atoms with Gasteiger partial charge >= 0.3 is 5.97 Å². The number of aromatic carboxylic acids is 1. The van der Waals surface area contributed by atoms with Gasteiger partial charge < -0.3 is 21.1 Å². The number of aromatic amines is 1. The number of nitrogens with one attached hydrogen (secondary N) is 2. The molecular weight excluding hydrogens is 410 g/mol. The number of H-pyrrole nitrogens is 1. The van der Waals surface area contributed by atoms with Gasteiger partial charge in [-0.05, 0) is 48.0 Å². The molecule has 32 heavy (non-hydrogen) atoms. The second-order valence-corrected chi connectivity index (χ2v) is 7.19. The third-order valence-electron chi connectivity index (χ3n) is 4.99. The van der Waals surface area contributed by atoms with Gasteiger partial charge in [0.2, 0.25) is 5.91 Å². The second-order valence-electron chi connectivity index (χ2n) is 7.19. The van der Waals surface area contributed by atoms with Crippen molar-refractivity contribution >= 4 is 28.8 Å². The number of pyridine rings is 1. The summed E-state index contributed by atoms with van der Waals surface area (Å²) in [5, 5.41) is 11.6. The summed E-state index contributed by atoms with van der Waals surface area (Å²) in [4.78, 5) is 47.3. The number of carboxylic acids is 1. The van der Waals surface area contributed by atoms with Crippen LogP contribution in [0.2, 0.25) is 0 Å². The molecule has 4 rings (SSSR count). The number of benzene rings is 2. The van der Waals surface area contributed by atoms with Crippen LogP contribution in [-0.4, -0.2) is 43.9 Å². The van der Waals surface area contributed by atoms with Crippen molar-refractivity contribution in [1.82, 2.24) is 20.3 Å². The SMILES string of the molecule is NC(=O)[C@H](Cc1ccc(C(=O)O)cc1)NC(=O)c1ccc2nc(-c3ccncc3)[nH]c2c1. The molecule has 2 aromatic carbocycles. The number of aromatic nitrogens is 3. The molecule has 0 fully saturated rings. The Morgan fingerprint density at radius 2 is 1.69 bits per heavy atom. The number of nitrogens with two attached hydrogens (primary N) is 1. The van der Waals surface area contributed by atoms with Crippen molar-refractivity contribution in [2.45, 2.75) is 12.5 Å². The van der Waals surface area contributed by atoms with Crippen LogP contribution in [0.5, 0.6) is 0 Å². The number of rotatable bonds is 7. The molecule has 0 aliphatic carbocycles. The molecule has 2 heterocycles. The lowest BCUT2D eigenvalue weighted by atomic mass is 10.0. The highest BCUT2D eigenvalue weighted by Gasteiger charge is 2.20. The van der Waals surface area contributed by atoms with Crippen molar-refractivity contribution in [3.05, 3.63) is 83.7 Å². The second kappa shape index (κ2) is 8.68. The lowest BCUT2D eigenvalue weighted by Gasteiger charge is -2.16. The Hall–Kier alpha value is -4.53. The summed E-state index contributed by atoms with van der Waals surface area (Å²) in [5.41, 5.74) is 8.85. The molecule has 0 saturated carbocycles. The minimum Gasteiger partial charge on any atom is -0.478 e. The van der Waals surface area contributed by atoms with Crippen LogP contribution in [0.15, 0.2) is 67.0 Å². The number of carboxylic acid groups (broad SMARTS) is 1. The molecule has 0 spiro atoms. The first-order valence-corrected chi connectivity index (χ1v) is 9.73. The molecule has 0 bridgehead atoms. The first-order chi connectivity index (χ1) is 15.4. The molecule has 0 saturated heterocycles. The third kappa shape index (κ3) is 4.46. The molecule has 9 nitrogen and oxygen atoms in total. The number of primary amides is 1. The van der Waals surface area contributed by atoms with Gasteiger partial charge in [0.05, 0.1) is 16.6 Å². The average Bonchev–Trinajstić information content (AvgIpc) is 3.23. The smallest absolute Gasteiger partial charge is 0.335 e. The van der Waals surface area contributed by atoms with E-state index in [4.69, 9.17) is 10.8 Å². The number of nitrogens with zero attached hydrogens (tertiary/aromatic N) is 2. The van der Waals surface area contributed by atoms with E-state index in [0.29, 0.717) is 28.0 Å². The summed E-state index contributed by atoms with van der Waals surface area (Å²) >= 11 is 0. The maximum absolute atomic E-state index is 12.8. The fourth-order valence-electron chi connectivity index (χ4n) is 3.28. The Morgan fingerprint density at radius 1 is 1.00 bits per heavy atom. The minimum atomic E-state index is -1.04. The van der Waals surface area contributed by atoms with Crippen LogP contribution in [-0.2, 0) is 11.2 Å². The lowest BCUT2D eigenvalue weighted by molar-refractivity contribution is -0.119. The van der Waals surface area contributed by atoms with Crippen LogP contribution in [0.25, 0.3) is 22.4 Å². The van der Waals surface area contributed by atoms with Crippen LogP contribution >= 0.6 is 0 Å². The van der Waals surface area contributed by atoms with E-state index >= 15 is 0 Å². The van der Waals surface area contributed by atoms with E-state index in [1.807, 2.05) is 12.1 Å². The van der Waals surface area contributed by atoms with Crippen molar-refractivity contribution in [2.75, 3.05) is 0 Å². The van der Waals surface area contributed by atoms with Crippen LogP contribution in [0, 0.1) is 0 Å². The van der Waals surface area contributed by atoms with E-state index in [1.165, 1.54) is 12.1 Å². The van der Waals surface area contributed by atoms with Crippen molar-refractivity contribution in [1.29, 1.82) is 0 Å². The molecule has 0 unspecified atom stereocenters. The molecule has 2 aromatic heterocycles. The van der Waals surface area contributed by atoms with Gasteiger partial charge in [0.15, 0.2) is 0 Å². The molecule has 160 valence electrons. The van der Waals surface area contributed by atoms with E-state index < -0.39 is 23.8 Å². The van der Waals surface area contributed by atoms with Crippen molar-refractivity contribution in [3.63, 3.8) is 0 Å². The number of hydrogen-bond acceptors (Lipinski definition) is 5. The maximum Gasteiger partial charge on any atom is 0.335 e. The van der Waals surface area contributed by atoms with Crippen molar-refractivity contribution < 1.29 is 19.5 Å². The van der Waals surface area contributed by atoms with Crippen LogP contribution in [0.4, 0.5) is 0 Å². The summed E-state index contributed by atoms with van der Waals surface area (Å²) in [5.74, 6) is -1.54. The Labute approximate surface area is 182 Å². The zero-order valence-electron chi connectivity index (χ0n) is 16.8. The van der Waals surface area contributed by atoms with E-state index in [9.17, 15) is 14.4 Å². The Morgan fingerprint density at radius 3 is 2.34 bits per heavy atom. The number of carbonyl (C=O) groups excluding carboxylic acids is 2. The molecule has 9 heteroatoms. The molecule has 0 aliphatic rings.